The zero-order chi connectivity index (χ0) is 15.0. The topological polar surface area (TPSA) is 139 Å². The lowest BCUT2D eigenvalue weighted by Crippen LogP contribution is -2.18. The fraction of sp³-hybridized carbons (Fsp3) is 0.636. The van der Waals surface area contributed by atoms with Gasteiger partial charge in [0.25, 0.3) is 0 Å². The Hall–Kier alpha value is -2.00. The van der Waals surface area contributed by atoms with Gasteiger partial charge < -0.3 is 10.4 Å². The zero-order valence-corrected chi connectivity index (χ0v) is 11.4. The molecule has 0 aromatic carbocycles. The average molecular weight is 284 g/mol. The molecule has 1 heterocycles. The van der Waals surface area contributed by atoms with Gasteiger partial charge in [-0.1, -0.05) is 13.3 Å². The fourth-order valence-corrected chi connectivity index (χ4v) is 1.89. The van der Waals surface area contributed by atoms with Crippen LogP contribution in [0.3, 0.4) is 0 Å². The largest absolute Gasteiger partial charge is 0.396 e. The molecule has 0 fully saturated rings. The molecule has 1 atom stereocenters. The van der Waals surface area contributed by atoms with Crippen LogP contribution in [-0.4, -0.2) is 33.1 Å². The maximum Gasteiger partial charge on any atom is 0.329 e. The van der Waals surface area contributed by atoms with Gasteiger partial charge in [0.05, 0.1) is 4.92 Å². The van der Waals surface area contributed by atoms with E-state index >= 15 is 0 Å². The summed E-state index contributed by atoms with van der Waals surface area (Å²) in [5.74, 6) is 5.65. The van der Waals surface area contributed by atoms with Gasteiger partial charge in [-0.05, 0) is 18.8 Å². The number of rotatable bonds is 9. The Morgan fingerprint density at radius 3 is 2.85 bits per heavy atom. The standard InChI is InChI=1S/C11H20N6O3/c1-2-3-8(4-5-18)6-13-10-9(17(19)20)7-14-11(15-10)16-12/h7-8,18H,2-6,12H2,1H3,(H2,13,14,15,16). The number of hydrazine groups is 1. The van der Waals surface area contributed by atoms with Gasteiger partial charge in [-0.3, -0.25) is 15.5 Å². The molecule has 0 aliphatic rings. The van der Waals surface area contributed by atoms with E-state index in [9.17, 15) is 10.1 Å². The summed E-state index contributed by atoms with van der Waals surface area (Å²) in [6.45, 7) is 2.64. The first-order valence-corrected chi connectivity index (χ1v) is 6.45. The number of aromatic nitrogens is 2. The molecule has 9 heteroatoms. The van der Waals surface area contributed by atoms with Crippen LogP contribution in [0.25, 0.3) is 0 Å². The Kier molecular flexibility index (Phi) is 6.60. The molecule has 0 bridgehead atoms. The van der Waals surface area contributed by atoms with E-state index in [1.165, 1.54) is 0 Å². The summed E-state index contributed by atoms with van der Waals surface area (Å²) in [7, 11) is 0. The molecule has 0 aliphatic carbocycles. The van der Waals surface area contributed by atoms with E-state index in [0.29, 0.717) is 13.0 Å². The molecular formula is C11H20N6O3. The predicted octanol–water partition coefficient (Wildman–Crippen LogP) is 0.881. The highest BCUT2D eigenvalue weighted by atomic mass is 16.6. The molecule has 1 aromatic heterocycles. The van der Waals surface area contributed by atoms with Gasteiger partial charge in [-0.2, -0.15) is 4.98 Å². The van der Waals surface area contributed by atoms with E-state index in [0.717, 1.165) is 19.0 Å². The van der Waals surface area contributed by atoms with Gasteiger partial charge in [0, 0.05) is 13.2 Å². The Morgan fingerprint density at radius 2 is 2.30 bits per heavy atom. The highest BCUT2D eigenvalue weighted by Crippen LogP contribution is 2.22. The lowest BCUT2D eigenvalue weighted by atomic mass is 10.0. The van der Waals surface area contributed by atoms with Crippen LogP contribution >= 0.6 is 0 Å². The van der Waals surface area contributed by atoms with Gasteiger partial charge in [-0.15, -0.1) is 0 Å². The van der Waals surface area contributed by atoms with E-state index in [4.69, 9.17) is 10.9 Å². The van der Waals surface area contributed by atoms with Crippen LogP contribution in [0.1, 0.15) is 26.2 Å². The second kappa shape index (κ2) is 8.23. The van der Waals surface area contributed by atoms with Gasteiger partial charge in [0.2, 0.25) is 11.8 Å². The summed E-state index contributed by atoms with van der Waals surface area (Å²) in [6, 6.07) is 0. The minimum Gasteiger partial charge on any atom is -0.396 e. The number of nitrogens with one attached hydrogen (secondary N) is 2. The smallest absolute Gasteiger partial charge is 0.329 e. The average Bonchev–Trinajstić information content (AvgIpc) is 2.44. The van der Waals surface area contributed by atoms with Crippen LogP contribution in [0.2, 0.25) is 0 Å². The van der Waals surface area contributed by atoms with Crippen molar-refractivity contribution in [3.05, 3.63) is 16.3 Å². The molecular weight excluding hydrogens is 264 g/mol. The van der Waals surface area contributed by atoms with Crippen LogP contribution in [0, 0.1) is 16.0 Å². The third-order valence-electron chi connectivity index (χ3n) is 2.89. The Morgan fingerprint density at radius 1 is 1.55 bits per heavy atom. The molecule has 0 saturated heterocycles. The predicted molar refractivity (Wildman–Crippen MR) is 75.1 cm³/mol. The zero-order valence-electron chi connectivity index (χ0n) is 11.4. The molecule has 112 valence electrons. The van der Waals surface area contributed by atoms with E-state index in [2.05, 4.69) is 20.7 Å². The van der Waals surface area contributed by atoms with Crippen molar-refractivity contribution in [1.29, 1.82) is 0 Å². The monoisotopic (exact) mass is 284 g/mol. The molecule has 0 aliphatic heterocycles. The van der Waals surface area contributed by atoms with Gasteiger partial charge in [-0.25, -0.2) is 10.8 Å². The number of aliphatic hydroxyl groups excluding tert-OH is 1. The second-order valence-corrected chi connectivity index (χ2v) is 4.38. The van der Waals surface area contributed by atoms with Crippen molar-refractivity contribution in [2.75, 3.05) is 23.9 Å². The summed E-state index contributed by atoms with van der Waals surface area (Å²) in [5.41, 5.74) is 2.04. The highest BCUT2D eigenvalue weighted by molar-refractivity contribution is 5.56. The summed E-state index contributed by atoms with van der Waals surface area (Å²) in [4.78, 5) is 18.0. The van der Waals surface area contributed by atoms with E-state index < -0.39 is 4.92 Å². The van der Waals surface area contributed by atoms with Gasteiger partial charge in [0.15, 0.2) is 0 Å². The molecule has 0 spiro atoms. The van der Waals surface area contributed by atoms with Crippen molar-refractivity contribution in [1.82, 2.24) is 9.97 Å². The van der Waals surface area contributed by atoms with Gasteiger partial charge in [0.1, 0.15) is 6.20 Å². The van der Waals surface area contributed by atoms with Crippen molar-refractivity contribution in [2.24, 2.45) is 11.8 Å². The van der Waals surface area contributed by atoms with E-state index in [-0.39, 0.29) is 30.0 Å². The highest BCUT2D eigenvalue weighted by Gasteiger charge is 2.18. The molecule has 20 heavy (non-hydrogen) atoms. The van der Waals surface area contributed by atoms with Crippen LogP contribution in [0.4, 0.5) is 17.5 Å². The lowest BCUT2D eigenvalue weighted by Gasteiger charge is -2.16. The Bertz CT molecular complexity index is 436. The fourth-order valence-electron chi connectivity index (χ4n) is 1.89. The summed E-state index contributed by atoms with van der Waals surface area (Å²) in [6.07, 6.45) is 3.65. The van der Waals surface area contributed by atoms with E-state index in [1.807, 2.05) is 6.92 Å². The number of nitrogen functional groups attached to an aromatic ring is 1. The minimum absolute atomic E-state index is 0.0911. The maximum atomic E-state index is 10.9. The second-order valence-electron chi connectivity index (χ2n) is 4.38. The Labute approximate surface area is 116 Å². The number of nitro groups is 1. The molecule has 1 unspecified atom stereocenters. The van der Waals surface area contributed by atoms with Crippen molar-refractivity contribution in [3.63, 3.8) is 0 Å². The molecule has 0 radical (unpaired) electrons. The summed E-state index contributed by atoms with van der Waals surface area (Å²) in [5, 5.41) is 22.8. The van der Waals surface area contributed by atoms with Crippen molar-refractivity contribution in [3.8, 4) is 0 Å². The molecule has 1 rings (SSSR count). The van der Waals surface area contributed by atoms with Crippen LogP contribution in [-0.2, 0) is 0 Å². The summed E-state index contributed by atoms with van der Waals surface area (Å²) >= 11 is 0. The van der Waals surface area contributed by atoms with Crippen molar-refractivity contribution >= 4 is 17.5 Å². The van der Waals surface area contributed by atoms with Crippen LogP contribution in [0.15, 0.2) is 6.20 Å². The molecule has 1 aromatic rings. The van der Waals surface area contributed by atoms with Crippen molar-refractivity contribution < 1.29 is 10.0 Å². The number of hydrogen-bond donors (Lipinski definition) is 4. The van der Waals surface area contributed by atoms with Gasteiger partial charge >= 0.3 is 5.69 Å². The van der Waals surface area contributed by atoms with Crippen LogP contribution in [0.5, 0.6) is 0 Å². The van der Waals surface area contributed by atoms with Crippen molar-refractivity contribution in [2.45, 2.75) is 26.2 Å². The summed E-state index contributed by atoms with van der Waals surface area (Å²) < 4.78 is 0. The third-order valence-corrected chi connectivity index (χ3v) is 2.89. The number of nitrogens with zero attached hydrogens (tertiary/aromatic N) is 3. The third kappa shape index (κ3) is 4.59. The first kappa shape index (κ1) is 16.1. The molecule has 5 N–H and O–H groups in total. The Balaban J connectivity index is 2.80. The lowest BCUT2D eigenvalue weighted by molar-refractivity contribution is -0.384. The minimum atomic E-state index is -0.552. The molecule has 0 amide bonds. The number of aliphatic hydroxyl groups is 1. The number of nitrogens with two attached hydrogens (primary N) is 1. The molecule has 0 saturated carbocycles. The quantitative estimate of drug-likeness (QED) is 0.297. The molecule has 9 nitrogen and oxygen atoms in total. The normalized spacial score (nSPS) is 11.9. The van der Waals surface area contributed by atoms with E-state index in [1.54, 1.807) is 0 Å². The SMILES string of the molecule is CCCC(CCO)CNc1nc(NN)ncc1[N+](=O)[O-]. The number of hydrogen-bond acceptors (Lipinski definition) is 8. The number of anilines is 2. The first-order chi connectivity index (χ1) is 9.62. The maximum absolute atomic E-state index is 10.9. The first-order valence-electron chi connectivity index (χ1n) is 6.45. The van der Waals surface area contributed by atoms with Crippen LogP contribution < -0.4 is 16.6 Å².